The van der Waals surface area contributed by atoms with Gasteiger partial charge in [-0.15, -0.1) is 0 Å². The van der Waals surface area contributed by atoms with Gasteiger partial charge in [-0.2, -0.15) is 0 Å². The molecule has 1 amide bonds. The number of hydrogen-bond donors (Lipinski definition) is 1. The van der Waals surface area contributed by atoms with Crippen molar-refractivity contribution < 1.29 is 13.2 Å². The summed E-state index contributed by atoms with van der Waals surface area (Å²) in [6, 6.07) is 20.4. The molecule has 6 nitrogen and oxygen atoms in total. The summed E-state index contributed by atoms with van der Waals surface area (Å²) in [5.41, 5.74) is 4.95. The number of carbonyl (C=O) groups is 1. The van der Waals surface area contributed by atoms with Gasteiger partial charge in [0.15, 0.2) is 0 Å². The number of sulfonamides is 1. The van der Waals surface area contributed by atoms with E-state index in [2.05, 4.69) is 40.8 Å². The summed E-state index contributed by atoms with van der Waals surface area (Å²) in [7, 11) is -3.71. The van der Waals surface area contributed by atoms with Crippen LogP contribution < -0.4 is 9.62 Å². The molecule has 3 aromatic carbocycles. The number of nitrogens with zero attached hydrogens (tertiary/aromatic N) is 2. The SMILES string of the molecule is Cc1cccc(N2CCN(C(=O)c3ccc(NS(=O)(=O)c4cc(C)ccc4C)cc3)CC2)c1. The molecule has 4 rings (SSSR count). The van der Waals surface area contributed by atoms with E-state index in [1.54, 1.807) is 43.3 Å². The minimum absolute atomic E-state index is 0.0390. The lowest BCUT2D eigenvalue weighted by Crippen LogP contribution is -2.48. The molecule has 0 saturated carbocycles. The third-order valence-electron chi connectivity index (χ3n) is 5.95. The highest BCUT2D eigenvalue weighted by Crippen LogP contribution is 2.22. The van der Waals surface area contributed by atoms with Crippen LogP contribution in [0.4, 0.5) is 11.4 Å². The maximum atomic E-state index is 13.0. The van der Waals surface area contributed by atoms with Gasteiger partial charge in [0.05, 0.1) is 4.90 Å². The Labute approximate surface area is 195 Å². The van der Waals surface area contributed by atoms with Crippen molar-refractivity contribution in [2.45, 2.75) is 25.7 Å². The second-order valence-electron chi connectivity index (χ2n) is 8.57. The Morgan fingerprint density at radius 1 is 0.818 bits per heavy atom. The maximum Gasteiger partial charge on any atom is 0.262 e. The van der Waals surface area contributed by atoms with Crippen LogP contribution >= 0.6 is 0 Å². The predicted molar refractivity (Wildman–Crippen MR) is 132 cm³/mol. The van der Waals surface area contributed by atoms with Crippen molar-refractivity contribution in [2.75, 3.05) is 35.8 Å². The summed E-state index contributed by atoms with van der Waals surface area (Å²) >= 11 is 0. The van der Waals surface area contributed by atoms with Crippen molar-refractivity contribution in [3.8, 4) is 0 Å². The summed E-state index contributed by atoms with van der Waals surface area (Å²) in [5.74, 6) is -0.0390. The highest BCUT2D eigenvalue weighted by molar-refractivity contribution is 7.92. The van der Waals surface area contributed by atoms with Crippen molar-refractivity contribution in [3.05, 3.63) is 89.0 Å². The standard InChI is InChI=1S/C26H29N3O3S/c1-19-5-4-6-24(17-19)28-13-15-29(16-14-28)26(30)22-9-11-23(12-10-22)27-33(31,32)25-18-20(2)7-8-21(25)3/h4-12,17-18,27H,13-16H2,1-3H3. The van der Waals surface area contributed by atoms with Gasteiger partial charge in [-0.1, -0.05) is 24.3 Å². The first-order valence-electron chi connectivity index (χ1n) is 11.0. The van der Waals surface area contributed by atoms with Crippen LogP contribution in [0.1, 0.15) is 27.0 Å². The van der Waals surface area contributed by atoms with Crippen LogP contribution in [0.5, 0.6) is 0 Å². The molecule has 0 unspecified atom stereocenters. The Morgan fingerprint density at radius 3 is 2.15 bits per heavy atom. The van der Waals surface area contributed by atoms with E-state index < -0.39 is 10.0 Å². The number of hydrogen-bond acceptors (Lipinski definition) is 4. The largest absolute Gasteiger partial charge is 0.368 e. The fourth-order valence-corrected chi connectivity index (χ4v) is 5.45. The van der Waals surface area contributed by atoms with Gasteiger partial charge in [-0.3, -0.25) is 9.52 Å². The van der Waals surface area contributed by atoms with Crippen LogP contribution in [0.25, 0.3) is 0 Å². The van der Waals surface area contributed by atoms with Gasteiger partial charge >= 0.3 is 0 Å². The van der Waals surface area contributed by atoms with E-state index >= 15 is 0 Å². The molecule has 3 aromatic rings. The zero-order valence-electron chi connectivity index (χ0n) is 19.2. The number of anilines is 2. The van der Waals surface area contributed by atoms with Gasteiger partial charge in [-0.05, 0) is 79.9 Å². The Morgan fingerprint density at radius 2 is 1.48 bits per heavy atom. The monoisotopic (exact) mass is 463 g/mol. The first-order chi connectivity index (χ1) is 15.7. The van der Waals surface area contributed by atoms with E-state index in [0.717, 1.165) is 18.7 Å². The number of piperazine rings is 1. The Hall–Kier alpha value is -3.32. The maximum absolute atomic E-state index is 13.0. The molecular formula is C26H29N3O3S. The Bertz CT molecular complexity index is 1260. The Kier molecular flexibility index (Phi) is 6.42. The number of nitrogens with one attached hydrogen (secondary N) is 1. The highest BCUT2D eigenvalue weighted by Gasteiger charge is 2.23. The molecule has 172 valence electrons. The quantitative estimate of drug-likeness (QED) is 0.610. The van der Waals surface area contributed by atoms with Gasteiger partial charge in [0.25, 0.3) is 15.9 Å². The van der Waals surface area contributed by atoms with E-state index in [0.29, 0.717) is 29.9 Å². The molecule has 1 heterocycles. The topological polar surface area (TPSA) is 69.7 Å². The molecule has 1 N–H and O–H groups in total. The smallest absolute Gasteiger partial charge is 0.262 e. The van der Waals surface area contributed by atoms with E-state index in [4.69, 9.17) is 0 Å². The van der Waals surface area contributed by atoms with Crippen LogP contribution in [-0.4, -0.2) is 45.4 Å². The molecule has 7 heteroatoms. The zero-order valence-corrected chi connectivity index (χ0v) is 20.0. The molecule has 1 aliphatic heterocycles. The number of rotatable bonds is 5. The lowest BCUT2D eigenvalue weighted by molar-refractivity contribution is 0.0747. The number of benzene rings is 3. The van der Waals surface area contributed by atoms with Crippen molar-refractivity contribution in [1.82, 2.24) is 4.90 Å². The normalized spacial score (nSPS) is 14.3. The van der Waals surface area contributed by atoms with E-state index in [9.17, 15) is 13.2 Å². The van der Waals surface area contributed by atoms with Crippen molar-refractivity contribution in [3.63, 3.8) is 0 Å². The highest BCUT2D eigenvalue weighted by atomic mass is 32.2. The summed E-state index contributed by atoms with van der Waals surface area (Å²) in [6.07, 6.45) is 0. The van der Waals surface area contributed by atoms with Crippen LogP contribution in [0.3, 0.4) is 0 Å². The van der Waals surface area contributed by atoms with E-state index in [-0.39, 0.29) is 10.8 Å². The average Bonchev–Trinajstić information content (AvgIpc) is 2.80. The first kappa shape index (κ1) is 22.9. The van der Waals surface area contributed by atoms with Crippen molar-refractivity contribution >= 4 is 27.3 Å². The van der Waals surface area contributed by atoms with E-state index in [1.807, 2.05) is 17.9 Å². The molecule has 33 heavy (non-hydrogen) atoms. The van der Waals surface area contributed by atoms with Gasteiger partial charge in [0, 0.05) is 43.1 Å². The fourth-order valence-electron chi connectivity index (χ4n) is 4.06. The molecule has 0 radical (unpaired) electrons. The van der Waals surface area contributed by atoms with Crippen molar-refractivity contribution in [2.24, 2.45) is 0 Å². The predicted octanol–water partition coefficient (Wildman–Crippen LogP) is 4.38. The number of amides is 1. The molecule has 0 atom stereocenters. The Balaban J connectivity index is 1.40. The zero-order chi connectivity index (χ0) is 23.6. The number of carbonyl (C=O) groups excluding carboxylic acids is 1. The minimum atomic E-state index is -3.71. The fraction of sp³-hybridized carbons (Fsp3) is 0.269. The first-order valence-corrected chi connectivity index (χ1v) is 12.5. The van der Waals surface area contributed by atoms with Gasteiger partial charge < -0.3 is 9.80 Å². The molecule has 1 aliphatic rings. The summed E-state index contributed by atoms with van der Waals surface area (Å²) in [4.78, 5) is 17.4. The van der Waals surface area contributed by atoms with E-state index in [1.165, 1.54) is 11.3 Å². The summed E-state index contributed by atoms with van der Waals surface area (Å²) in [5, 5.41) is 0. The van der Waals surface area contributed by atoms with Crippen molar-refractivity contribution in [1.29, 1.82) is 0 Å². The van der Waals surface area contributed by atoms with Crippen LogP contribution in [-0.2, 0) is 10.0 Å². The van der Waals surface area contributed by atoms with Gasteiger partial charge in [0.2, 0.25) is 0 Å². The van der Waals surface area contributed by atoms with Gasteiger partial charge in [0.1, 0.15) is 0 Å². The third kappa shape index (κ3) is 5.20. The summed E-state index contributed by atoms with van der Waals surface area (Å²) < 4.78 is 28.3. The second kappa shape index (κ2) is 9.27. The molecule has 0 bridgehead atoms. The second-order valence-corrected chi connectivity index (χ2v) is 10.2. The molecular weight excluding hydrogens is 434 g/mol. The lowest BCUT2D eigenvalue weighted by Gasteiger charge is -2.36. The molecule has 0 aliphatic carbocycles. The lowest BCUT2D eigenvalue weighted by atomic mass is 10.1. The molecule has 1 saturated heterocycles. The van der Waals surface area contributed by atoms with Gasteiger partial charge in [-0.25, -0.2) is 8.42 Å². The summed E-state index contributed by atoms with van der Waals surface area (Å²) in [6.45, 7) is 8.57. The molecule has 1 fully saturated rings. The third-order valence-corrected chi connectivity index (χ3v) is 7.47. The molecule has 0 spiro atoms. The van der Waals surface area contributed by atoms with Crippen LogP contribution in [0.2, 0.25) is 0 Å². The average molecular weight is 464 g/mol. The number of aryl methyl sites for hydroxylation is 3. The minimum Gasteiger partial charge on any atom is -0.368 e. The van der Waals surface area contributed by atoms with Crippen LogP contribution in [0.15, 0.2) is 71.6 Å². The van der Waals surface area contributed by atoms with Crippen LogP contribution in [0, 0.1) is 20.8 Å². The molecule has 0 aromatic heterocycles.